The van der Waals surface area contributed by atoms with E-state index in [0.29, 0.717) is 29.2 Å². The molecule has 0 saturated carbocycles. The minimum absolute atomic E-state index is 0.288. The van der Waals surface area contributed by atoms with Crippen molar-refractivity contribution in [2.24, 2.45) is 0 Å². The highest BCUT2D eigenvalue weighted by Crippen LogP contribution is 2.32. The lowest BCUT2D eigenvalue weighted by Crippen LogP contribution is -2.24. The summed E-state index contributed by atoms with van der Waals surface area (Å²) in [5.74, 6) is 0.269. The molecule has 7 nitrogen and oxygen atoms in total. The number of carbonyl (C=O) groups excluding carboxylic acids is 1. The number of carbonyl (C=O) groups is 1. The van der Waals surface area contributed by atoms with Crippen LogP contribution in [-0.4, -0.2) is 26.8 Å². The lowest BCUT2D eigenvalue weighted by Gasteiger charge is -2.23. The molecule has 1 atom stereocenters. The van der Waals surface area contributed by atoms with Crippen LogP contribution in [0.4, 0.5) is 11.4 Å². The van der Waals surface area contributed by atoms with Crippen LogP contribution in [0.5, 0.6) is 5.75 Å². The second-order valence-corrected chi connectivity index (χ2v) is 7.10. The van der Waals surface area contributed by atoms with E-state index >= 15 is 0 Å². The maximum Gasteiger partial charge on any atom is 0.266 e. The second kappa shape index (κ2) is 9.31. The molecule has 1 unspecified atom stereocenters. The predicted octanol–water partition coefficient (Wildman–Crippen LogP) is 3.60. The van der Waals surface area contributed by atoms with Gasteiger partial charge in [-0.05, 0) is 48.4 Å². The first kappa shape index (κ1) is 20.5. The Hall–Kier alpha value is -3.23. The Labute approximate surface area is 171 Å². The van der Waals surface area contributed by atoms with Crippen molar-refractivity contribution >= 4 is 28.5 Å². The molecule has 0 aliphatic heterocycles. The lowest BCUT2D eigenvalue weighted by atomic mass is 10.1. The van der Waals surface area contributed by atoms with Crippen molar-refractivity contribution in [2.75, 3.05) is 11.4 Å². The Morgan fingerprint density at radius 3 is 2.72 bits per heavy atom. The van der Waals surface area contributed by atoms with Crippen LogP contribution in [0.25, 0.3) is 0 Å². The molecular formula is C21H21N3O4S. The fourth-order valence-corrected chi connectivity index (χ4v) is 3.47. The normalized spacial score (nSPS) is 11.6. The molecule has 0 bridgehead atoms. The average molecular weight is 411 g/mol. The van der Waals surface area contributed by atoms with Gasteiger partial charge >= 0.3 is 0 Å². The maximum atomic E-state index is 12.6. The summed E-state index contributed by atoms with van der Waals surface area (Å²) in [5, 5.41) is 2.83. The number of benzene rings is 2. The van der Waals surface area contributed by atoms with Crippen molar-refractivity contribution in [1.29, 1.82) is 0 Å². The molecule has 1 amide bonds. The van der Waals surface area contributed by atoms with Gasteiger partial charge in [-0.3, -0.25) is 14.3 Å². The number of pyridine rings is 1. The number of methoxy groups -OCH3 is 1. The highest BCUT2D eigenvalue weighted by molar-refractivity contribution is 7.81. The SMILES string of the molecule is COc1cccc(N(c2cc(C(=O)NCc3cccnc3)ccc2C)S(=O)O)c1. The molecule has 0 spiro atoms. The van der Waals surface area contributed by atoms with Crippen molar-refractivity contribution < 1.29 is 18.3 Å². The van der Waals surface area contributed by atoms with E-state index in [1.54, 1.807) is 60.9 Å². The fraction of sp³-hybridized carbons (Fsp3) is 0.143. The molecule has 3 rings (SSSR count). The van der Waals surface area contributed by atoms with Crippen LogP contribution in [0.15, 0.2) is 67.0 Å². The van der Waals surface area contributed by atoms with E-state index in [2.05, 4.69) is 10.3 Å². The van der Waals surface area contributed by atoms with Crippen molar-refractivity contribution in [1.82, 2.24) is 10.3 Å². The number of ether oxygens (including phenoxy) is 1. The molecule has 29 heavy (non-hydrogen) atoms. The average Bonchev–Trinajstić information content (AvgIpc) is 2.74. The lowest BCUT2D eigenvalue weighted by molar-refractivity contribution is 0.0951. The van der Waals surface area contributed by atoms with Gasteiger partial charge in [-0.1, -0.05) is 18.2 Å². The number of nitrogens with one attached hydrogen (secondary N) is 1. The molecule has 150 valence electrons. The number of nitrogens with zero attached hydrogens (tertiary/aromatic N) is 2. The van der Waals surface area contributed by atoms with E-state index in [4.69, 9.17) is 4.74 Å². The summed E-state index contributed by atoms with van der Waals surface area (Å²) in [5.41, 5.74) is 2.93. The van der Waals surface area contributed by atoms with E-state index in [0.717, 1.165) is 11.1 Å². The number of rotatable bonds is 7. The Morgan fingerprint density at radius 2 is 2.03 bits per heavy atom. The van der Waals surface area contributed by atoms with Gasteiger partial charge in [0.05, 0.1) is 18.5 Å². The van der Waals surface area contributed by atoms with Crippen molar-refractivity contribution in [3.05, 3.63) is 83.7 Å². The zero-order chi connectivity index (χ0) is 20.8. The van der Waals surface area contributed by atoms with Gasteiger partial charge in [0, 0.05) is 30.6 Å². The smallest absolute Gasteiger partial charge is 0.266 e. The molecule has 0 aliphatic rings. The zero-order valence-electron chi connectivity index (χ0n) is 16.0. The zero-order valence-corrected chi connectivity index (χ0v) is 16.8. The number of aryl methyl sites for hydroxylation is 1. The highest BCUT2D eigenvalue weighted by atomic mass is 32.2. The molecule has 1 aromatic heterocycles. The number of aromatic nitrogens is 1. The third-order valence-electron chi connectivity index (χ3n) is 4.31. The van der Waals surface area contributed by atoms with Gasteiger partial charge in [0.2, 0.25) is 0 Å². The molecule has 0 aliphatic carbocycles. The van der Waals surface area contributed by atoms with E-state index in [-0.39, 0.29) is 5.91 Å². The number of amides is 1. The molecule has 0 fully saturated rings. The van der Waals surface area contributed by atoms with Gasteiger partial charge in [-0.15, -0.1) is 0 Å². The van der Waals surface area contributed by atoms with Crippen LogP contribution < -0.4 is 14.4 Å². The monoisotopic (exact) mass is 411 g/mol. The van der Waals surface area contributed by atoms with Gasteiger partial charge in [0.15, 0.2) is 0 Å². The van der Waals surface area contributed by atoms with Crippen LogP contribution in [0.1, 0.15) is 21.5 Å². The van der Waals surface area contributed by atoms with Crippen LogP contribution in [-0.2, 0) is 17.8 Å². The van der Waals surface area contributed by atoms with Crippen LogP contribution >= 0.6 is 0 Å². The quantitative estimate of drug-likeness (QED) is 0.580. The molecule has 2 aromatic carbocycles. The Bertz CT molecular complexity index is 1030. The Balaban J connectivity index is 1.89. The third-order valence-corrected chi connectivity index (χ3v) is 5.03. The van der Waals surface area contributed by atoms with Crippen LogP contribution in [0, 0.1) is 6.92 Å². The molecular weight excluding hydrogens is 390 g/mol. The van der Waals surface area contributed by atoms with Crippen LogP contribution in [0.2, 0.25) is 0 Å². The molecule has 2 N–H and O–H groups in total. The standard InChI is InChI=1S/C21H21N3O4S/c1-15-8-9-17(21(25)23-14-16-5-4-10-22-13-16)11-20(15)24(29(26)27)18-6-3-7-19(12-18)28-2/h3-13H,14H2,1-2H3,(H,23,25)(H,26,27). The van der Waals surface area contributed by atoms with Crippen molar-refractivity contribution in [2.45, 2.75) is 13.5 Å². The van der Waals surface area contributed by atoms with Crippen molar-refractivity contribution in [3.8, 4) is 5.75 Å². The summed E-state index contributed by atoms with van der Waals surface area (Å²) < 4.78 is 28.5. The third kappa shape index (κ3) is 4.98. The number of hydrogen-bond donors (Lipinski definition) is 2. The van der Waals surface area contributed by atoms with Crippen LogP contribution in [0.3, 0.4) is 0 Å². The predicted molar refractivity (Wildman–Crippen MR) is 112 cm³/mol. The first-order chi connectivity index (χ1) is 14.0. The van der Waals surface area contributed by atoms with Crippen molar-refractivity contribution in [3.63, 3.8) is 0 Å². The van der Waals surface area contributed by atoms with Gasteiger partial charge in [0.25, 0.3) is 17.2 Å². The highest BCUT2D eigenvalue weighted by Gasteiger charge is 2.20. The van der Waals surface area contributed by atoms with Gasteiger partial charge in [-0.25, -0.2) is 8.51 Å². The summed E-state index contributed by atoms with van der Waals surface area (Å²) in [6, 6.07) is 15.5. The topological polar surface area (TPSA) is 91.8 Å². The molecule has 0 radical (unpaired) electrons. The molecule has 3 aromatic rings. The van der Waals surface area contributed by atoms with E-state index in [1.807, 2.05) is 13.0 Å². The number of anilines is 2. The van der Waals surface area contributed by atoms with Gasteiger partial charge in [-0.2, -0.15) is 0 Å². The minimum atomic E-state index is -2.34. The number of hydrogen-bond acceptors (Lipinski definition) is 4. The summed E-state index contributed by atoms with van der Waals surface area (Å²) in [7, 11) is 1.53. The van der Waals surface area contributed by atoms with E-state index < -0.39 is 11.3 Å². The summed E-state index contributed by atoms with van der Waals surface area (Å²) in [6.45, 7) is 2.15. The largest absolute Gasteiger partial charge is 0.497 e. The van der Waals surface area contributed by atoms with Gasteiger partial charge in [0.1, 0.15) is 5.75 Å². The summed E-state index contributed by atoms with van der Waals surface area (Å²) >= 11 is -2.34. The molecule has 0 saturated heterocycles. The molecule has 1 heterocycles. The Morgan fingerprint density at radius 1 is 1.21 bits per heavy atom. The first-order valence-electron chi connectivity index (χ1n) is 8.82. The summed E-state index contributed by atoms with van der Waals surface area (Å²) in [6.07, 6.45) is 3.35. The summed E-state index contributed by atoms with van der Waals surface area (Å²) in [4.78, 5) is 16.6. The minimum Gasteiger partial charge on any atom is -0.497 e. The van der Waals surface area contributed by atoms with E-state index in [1.165, 1.54) is 11.4 Å². The first-order valence-corrected chi connectivity index (χ1v) is 9.89. The van der Waals surface area contributed by atoms with Gasteiger partial charge < -0.3 is 10.1 Å². The molecule has 8 heteroatoms. The maximum absolute atomic E-state index is 12.6. The Kier molecular flexibility index (Phi) is 6.58. The second-order valence-electron chi connectivity index (χ2n) is 6.27. The fourth-order valence-electron chi connectivity index (χ4n) is 2.81. The van der Waals surface area contributed by atoms with E-state index in [9.17, 15) is 13.6 Å².